The summed E-state index contributed by atoms with van der Waals surface area (Å²) in [5.74, 6) is -1.18. The summed E-state index contributed by atoms with van der Waals surface area (Å²) in [6.45, 7) is 3.39. The van der Waals surface area contributed by atoms with Crippen LogP contribution in [0.25, 0.3) is 5.69 Å². The summed E-state index contributed by atoms with van der Waals surface area (Å²) in [6.07, 6.45) is 0.231. The zero-order chi connectivity index (χ0) is 14.2. The minimum absolute atomic E-state index is 0.0421. The van der Waals surface area contributed by atoms with Gasteiger partial charge >= 0.3 is 5.69 Å². The molecule has 0 amide bonds. The van der Waals surface area contributed by atoms with E-state index in [1.54, 1.807) is 19.9 Å². The van der Waals surface area contributed by atoms with Crippen molar-refractivity contribution in [1.82, 2.24) is 9.55 Å². The smallest absolute Gasteiger partial charge is 0.335 e. The van der Waals surface area contributed by atoms with E-state index < -0.39 is 22.9 Å². The molecule has 0 saturated carbocycles. The van der Waals surface area contributed by atoms with Crippen LogP contribution in [0.2, 0.25) is 0 Å². The van der Waals surface area contributed by atoms with E-state index in [9.17, 15) is 19.1 Å². The lowest BCUT2D eigenvalue weighted by molar-refractivity contribution is 0.420. The number of hydrogen-bond acceptors (Lipinski definition) is 3. The second-order valence-corrected chi connectivity index (χ2v) is 4.21. The third kappa shape index (κ3) is 2.16. The fraction of sp³-hybridized carbons (Fsp3) is 0.231. The number of benzene rings is 1. The highest BCUT2D eigenvalue weighted by Crippen LogP contribution is 2.20. The van der Waals surface area contributed by atoms with Crippen LogP contribution in [-0.4, -0.2) is 14.7 Å². The van der Waals surface area contributed by atoms with Crippen LogP contribution >= 0.6 is 0 Å². The van der Waals surface area contributed by atoms with E-state index in [1.807, 2.05) is 0 Å². The number of halogens is 1. The maximum Gasteiger partial charge on any atom is 0.335 e. The van der Waals surface area contributed by atoms with Gasteiger partial charge in [-0.1, -0.05) is 13.0 Å². The Labute approximate surface area is 108 Å². The Morgan fingerprint density at radius 2 is 2.05 bits per heavy atom. The molecule has 0 aliphatic rings. The van der Waals surface area contributed by atoms with E-state index in [4.69, 9.17) is 0 Å². The van der Waals surface area contributed by atoms with Gasteiger partial charge in [0.25, 0.3) is 5.56 Å². The molecule has 1 heterocycles. The van der Waals surface area contributed by atoms with Gasteiger partial charge in [-0.3, -0.25) is 9.78 Å². The average molecular weight is 264 g/mol. The molecule has 1 aromatic heterocycles. The average Bonchev–Trinajstić information content (AvgIpc) is 2.33. The number of nitrogens with zero attached hydrogens (tertiary/aromatic N) is 1. The van der Waals surface area contributed by atoms with Crippen molar-refractivity contribution in [3.8, 4) is 11.6 Å². The molecule has 0 spiro atoms. The third-order valence-corrected chi connectivity index (χ3v) is 2.88. The summed E-state index contributed by atoms with van der Waals surface area (Å²) < 4.78 is 14.6. The number of rotatable bonds is 2. The topological polar surface area (TPSA) is 75.1 Å². The maximum absolute atomic E-state index is 13.8. The first-order chi connectivity index (χ1) is 8.95. The zero-order valence-corrected chi connectivity index (χ0v) is 10.5. The first kappa shape index (κ1) is 13.1. The van der Waals surface area contributed by atoms with Crippen molar-refractivity contribution in [3.63, 3.8) is 0 Å². The molecule has 0 atom stereocenters. The van der Waals surface area contributed by atoms with E-state index in [0.29, 0.717) is 0 Å². The molecule has 2 rings (SSSR count). The van der Waals surface area contributed by atoms with Crippen molar-refractivity contribution < 1.29 is 9.50 Å². The van der Waals surface area contributed by atoms with Crippen molar-refractivity contribution in [2.75, 3.05) is 0 Å². The maximum atomic E-state index is 13.8. The van der Waals surface area contributed by atoms with Crippen LogP contribution in [0, 0.1) is 12.7 Å². The lowest BCUT2D eigenvalue weighted by Gasteiger charge is -2.11. The number of hydrogen-bond donors (Lipinski definition) is 2. The fourth-order valence-corrected chi connectivity index (χ4v) is 1.90. The van der Waals surface area contributed by atoms with Gasteiger partial charge in [0.15, 0.2) is 0 Å². The minimum atomic E-state index is -0.871. The fourth-order valence-electron chi connectivity index (χ4n) is 1.90. The van der Waals surface area contributed by atoms with Gasteiger partial charge < -0.3 is 5.11 Å². The van der Waals surface area contributed by atoms with Crippen molar-refractivity contribution in [1.29, 1.82) is 0 Å². The second-order valence-electron chi connectivity index (χ2n) is 4.21. The highest BCUT2D eigenvalue weighted by molar-refractivity contribution is 5.41. The van der Waals surface area contributed by atoms with Crippen LogP contribution in [-0.2, 0) is 6.42 Å². The van der Waals surface area contributed by atoms with Crippen LogP contribution in [0.1, 0.15) is 18.1 Å². The number of aromatic nitrogens is 2. The molecular formula is C13H13FN2O3. The van der Waals surface area contributed by atoms with Crippen molar-refractivity contribution >= 4 is 0 Å². The molecule has 0 aliphatic carbocycles. The monoisotopic (exact) mass is 264 g/mol. The number of aromatic amines is 1. The Morgan fingerprint density at radius 3 is 2.68 bits per heavy atom. The summed E-state index contributed by atoms with van der Waals surface area (Å²) >= 11 is 0. The van der Waals surface area contributed by atoms with E-state index in [1.165, 1.54) is 12.1 Å². The summed E-state index contributed by atoms with van der Waals surface area (Å²) in [4.78, 5) is 25.3. The van der Waals surface area contributed by atoms with Crippen LogP contribution < -0.4 is 11.2 Å². The molecule has 2 N–H and O–H groups in total. The van der Waals surface area contributed by atoms with Crippen LogP contribution in [0.5, 0.6) is 5.88 Å². The van der Waals surface area contributed by atoms with Crippen LogP contribution in [0.3, 0.4) is 0 Å². The molecule has 19 heavy (non-hydrogen) atoms. The number of nitrogens with one attached hydrogen (secondary N) is 1. The Hall–Kier alpha value is -2.37. The van der Waals surface area contributed by atoms with Gasteiger partial charge in [0.05, 0.1) is 11.3 Å². The van der Waals surface area contributed by atoms with E-state index in [2.05, 4.69) is 4.98 Å². The molecular weight excluding hydrogens is 251 g/mol. The van der Waals surface area contributed by atoms with Gasteiger partial charge in [-0.05, 0) is 31.0 Å². The largest absolute Gasteiger partial charge is 0.494 e. The molecule has 6 heteroatoms. The van der Waals surface area contributed by atoms with E-state index >= 15 is 0 Å². The standard InChI is InChI=1S/C13H13FN2O3/c1-3-8-11(17)15-13(19)16(12(8)18)10-6-7(2)4-5-9(10)14/h4-6,18H,3H2,1-2H3,(H,15,17,19). The highest BCUT2D eigenvalue weighted by atomic mass is 19.1. The van der Waals surface area contributed by atoms with Crippen molar-refractivity contribution in [3.05, 3.63) is 56.0 Å². The molecule has 100 valence electrons. The van der Waals surface area contributed by atoms with E-state index in [0.717, 1.165) is 10.1 Å². The summed E-state index contributed by atoms with van der Waals surface area (Å²) in [7, 11) is 0. The third-order valence-electron chi connectivity index (χ3n) is 2.88. The number of aryl methyl sites for hydroxylation is 1. The van der Waals surface area contributed by atoms with Crippen LogP contribution in [0.15, 0.2) is 27.8 Å². The SMILES string of the molecule is CCc1c(O)n(-c2cc(C)ccc2F)c(=O)[nH]c1=O. The van der Waals surface area contributed by atoms with Gasteiger partial charge in [-0.15, -0.1) is 0 Å². The first-order valence-corrected chi connectivity index (χ1v) is 5.79. The molecule has 0 aliphatic heterocycles. The van der Waals surface area contributed by atoms with Gasteiger partial charge in [0.1, 0.15) is 5.82 Å². The molecule has 1 aromatic carbocycles. The molecule has 0 fully saturated rings. The molecule has 5 nitrogen and oxygen atoms in total. The molecule has 0 radical (unpaired) electrons. The molecule has 2 aromatic rings. The molecule has 0 saturated heterocycles. The van der Waals surface area contributed by atoms with Gasteiger partial charge in [0, 0.05) is 0 Å². The molecule has 0 unspecified atom stereocenters. The zero-order valence-electron chi connectivity index (χ0n) is 10.5. The Kier molecular flexibility index (Phi) is 3.25. The Morgan fingerprint density at radius 1 is 1.37 bits per heavy atom. The van der Waals surface area contributed by atoms with Crippen molar-refractivity contribution in [2.24, 2.45) is 0 Å². The lowest BCUT2D eigenvalue weighted by Crippen LogP contribution is -2.31. The second kappa shape index (κ2) is 4.72. The van der Waals surface area contributed by atoms with Gasteiger partial charge in [-0.25, -0.2) is 13.8 Å². The minimum Gasteiger partial charge on any atom is -0.494 e. The predicted octanol–water partition coefficient (Wildman–Crippen LogP) is 1.24. The first-order valence-electron chi connectivity index (χ1n) is 5.79. The summed E-state index contributed by atoms with van der Waals surface area (Å²) in [5, 5.41) is 10.00. The van der Waals surface area contributed by atoms with Gasteiger partial charge in [-0.2, -0.15) is 0 Å². The Bertz CT molecular complexity index is 747. The van der Waals surface area contributed by atoms with Gasteiger partial charge in [0.2, 0.25) is 5.88 Å². The highest BCUT2D eigenvalue weighted by Gasteiger charge is 2.16. The number of aromatic hydroxyl groups is 1. The summed E-state index contributed by atoms with van der Waals surface area (Å²) in [6, 6.07) is 4.18. The quantitative estimate of drug-likeness (QED) is 0.857. The van der Waals surface area contributed by atoms with Crippen molar-refractivity contribution in [2.45, 2.75) is 20.3 Å². The predicted molar refractivity (Wildman–Crippen MR) is 68.4 cm³/mol. The molecule has 0 bridgehead atoms. The van der Waals surface area contributed by atoms with Crippen LogP contribution in [0.4, 0.5) is 4.39 Å². The van der Waals surface area contributed by atoms with E-state index in [-0.39, 0.29) is 17.7 Å². The summed E-state index contributed by atoms with van der Waals surface area (Å²) in [5.41, 5.74) is -0.848. The normalized spacial score (nSPS) is 10.7. The Balaban J connectivity index is 2.86. The number of H-pyrrole nitrogens is 1. The lowest BCUT2D eigenvalue weighted by atomic mass is 10.2.